The molecule has 0 aliphatic carbocycles. The summed E-state index contributed by atoms with van der Waals surface area (Å²) in [7, 11) is -3.50. The van der Waals surface area contributed by atoms with Crippen LogP contribution in [0.15, 0.2) is 97.1 Å². The van der Waals surface area contributed by atoms with E-state index in [4.69, 9.17) is 8.85 Å². The average molecular weight is 610 g/mol. The minimum atomic E-state index is -1.75. The molecule has 4 aromatic rings. The molecule has 0 saturated carbocycles. The van der Waals surface area contributed by atoms with Gasteiger partial charge in [0.05, 0.1) is 13.2 Å². The van der Waals surface area contributed by atoms with E-state index < -0.39 is 16.6 Å². The van der Waals surface area contributed by atoms with E-state index in [1.54, 1.807) is 0 Å². The zero-order valence-electron chi connectivity index (χ0n) is 28.0. The van der Waals surface area contributed by atoms with Crippen LogP contribution in [0.25, 0.3) is 22.3 Å². The van der Waals surface area contributed by atoms with E-state index in [-0.39, 0.29) is 10.1 Å². The van der Waals surface area contributed by atoms with Gasteiger partial charge in [-0.15, -0.1) is 0 Å². The van der Waals surface area contributed by atoms with Crippen LogP contribution in [0.5, 0.6) is 0 Å². The summed E-state index contributed by atoms with van der Waals surface area (Å²) in [4.78, 5) is 0. The van der Waals surface area contributed by atoms with E-state index in [2.05, 4.69) is 170 Å². The number of rotatable bonds is 10. The Hall–Kier alpha value is -2.97. The summed E-state index contributed by atoms with van der Waals surface area (Å²) in [5.74, 6) is 0. The summed E-state index contributed by atoms with van der Waals surface area (Å²) in [5.41, 5.74) is 9.42. The SMILES string of the molecule is CC(C)(C)[Si](C)(C)OCc1ccc(-c2ccc(Nc3ccc(-c4ccc(CO[Si](C)(C)C(C)(C)C)cc4)cc3)cc2)cc1. The lowest BCUT2D eigenvalue weighted by atomic mass is 10.0. The summed E-state index contributed by atoms with van der Waals surface area (Å²) < 4.78 is 12.8. The maximum atomic E-state index is 6.39. The molecule has 43 heavy (non-hydrogen) atoms. The van der Waals surface area contributed by atoms with Crippen molar-refractivity contribution in [1.29, 1.82) is 0 Å². The molecule has 4 rings (SSSR count). The fourth-order valence-corrected chi connectivity index (χ4v) is 6.13. The first-order valence-corrected chi connectivity index (χ1v) is 21.3. The number of benzene rings is 4. The number of anilines is 2. The maximum absolute atomic E-state index is 6.39. The molecule has 0 atom stereocenters. The standard InChI is InChI=1S/C38H51NO2Si2/c1-37(2,3)42(7,8)40-27-29-11-15-31(16-12-29)33-19-23-35(24-20-33)39-36-25-21-34(22-26-36)32-17-13-30(14-18-32)28-41-43(9,10)38(4,5)6/h11-26,39H,27-28H2,1-10H3. The molecule has 0 unspecified atom stereocenters. The topological polar surface area (TPSA) is 30.5 Å². The van der Waals surface area contributed by atoms with E-state index in [9.17, 15) is 0 Å². The summed E-state index contributed by atoms with van der Waals surface area (Å²) in [6.45, 7) is 24.2. The third-order valence-corrected chi connectivity index (χ3v) is 18.4. The Kier molecular flexibility index (Phi) is 9.92. The third-order valence-electron chi connectivity index (χ3n) is 9.44. The zero-order valence-corrected chi connectivity index (χ0v) is 30.0. The summed E-state index contributed by atoms with van der Waals surface area (Å²) in [5, 5.41) is 3.98. The molecule has 0 spiro atoms. The molecule has 5 heteroatoms. The highest BCUT2D eigenvalue weighted by molar-refractivity contribution is 6.74. The maximum Gasteiger partial charge on any atom is 0.192 e. The molecular weight excluding hydrogens is 559 g/mol. The number of nitrogens with one attached hydrogen (secondary N) is 1. The van der Waals surface area contributed by atoms with Gasteiger partial charge in [-0.05, 0) is 93.9 Å². The van der Waals surface area contributed by atoms with Crippen molar-refractivity contribution in [3.05, 3.63) is 108 Å². The Bertz CT molecular complexity index is 1350. The Morgan fingerprint density at radius 1 is 0.442 bits per heavy atom. The smallest absolute Gasteiger partial charge is 0.192 e. The van der Waals surface area contributed by atoms with Gasteiger partial charge >= 0.3 is 0 Å². The van der Waals surface area contributed by atoms with Gasteiger partial charge in [0.15, 0.2) is 16.6 Å². The minimum absolute atomic E-state index is 0.220. The van der Waals surface area contributed by atoms with Gasteiger partial charge in [-0.2, -0.15) is 0 Å². The predicted octanol–water partition coefficient (Wildman–Crippen LogP) is 11.8. The molecule has 4 aromatic carbocycles. The summed E-state index contributed by atoms with van der Waals surface area (Å²) >= 11 is 0. The Balaban J connectivity index is 1.32. The highest BCUT2D eigenvalue weighted by Gasteiger charge is 2.37. The van der Waals surface area contributed by atoms with Gasteiger partial charge in [0, 0.05) is 11.4 Å². The van der Waals surface area contributed by atoms with Crippen LogP contribution in [0.4, 0.5) is 11.4 Å². The van der Waals surface area contributed by atoms with Gasteiger partial charge in [0.2, 0.25) is 0 Å². The van der Waals surface area contributed by atoms with E-state index in [0.717, 1.165) is 11.4 Å². The summed E-state index contributed by atoms with van der Waals surface area (Å²) in [6, 6.07) is 34.8. The molecule has 0 fully saturated rings. The van der Waals surface area contributed by atoms with Crippen LogP contribution in [0.2, 0.25) is 36.3 Å². The largest absolute Gasteiger partial charge is 0.413 e. The van der Waals surface area contributed by atoms with Crippen molar-refractivity contribution in [1.82, 2.24) is 0 Å². The second-order valence-electron chi connectivity index (χ2n) is 14.8. The molecule has 1 N–H and O–H groups in total. The molecule has 3 nitrogen and oxygen atoms in total. The molecule has 0 bridgehead atoms. The van der Waals surface area contributed by atoms with Crippen molar-refractivity contribution in [2.75, 3.05) is 5.32 Å². The quantitative estimate of drug-likeness (QED) is 0.181. The van der Waals surface area contributed by atoms with Gasteiger partial charge in [-0.25, -0.2) is 0 Å². The van der Waals surface area contributed by atoms with E-state index in [0.29, 0.717) is 13.2 Å². The van der Waals surface area contributed by atoms with Gasteiger partial charge < -0.3 is 14.2 Å². The molecule has 0 aromatic heterocycles. The lowest BCUT2D eigenvalue weighted by molar-refractivity contribution is 0.276. The Morgan fingerprint density at radius 3 is 0.953 bits per heavy atom. The minimum Gasteiger partial charge on any atom is -0.413 e. The van der Waals surface area contributed by atoms with Gasteiger partial charge in [0.25, 0.3) is 0 Å². The van der Waals surface area contributed by atoms with Crippen LogP contribution in [0.1, 0.15) is 52.7 Å². The van der Waals surface area contributed by atoms with Gasteiger partial charge in [-0.3, -0.25) is 0 Å². The highest BCUT2D eigenvalue weighted by Crippen LogP contribution is 2.38. The van der Waals surface area contributed by atoms with Crippen molar-refractivity contribution in [3.63, 3.8) is 0 Å². The van der Waals surface area contributed by atoms with Gasteiger partial charge in [0.1, 0.15) is 0 Å². The number of hydrogen-bond donors (Lipinski definition) is 1. The van der Waals surface area contributed by atoms with Crippen molar-refractivity contribution >= 4 is 28.0 Å². The molecule has 0 heterocycles. The highest BCUT2D eigenvalue weighted by atomic mass is 28.4. The van der Waals surface area contributed by atoms with Crippen LogP contribution < -0.4 is 5.32 Å². The molecule has 0 saturated heterocycles. The van der Waals surface area contributed by atoms with Crippen LogP contribution in [-0.2, 0) is 22.1 Å². The fourth-order valence-electron chi connectivity index (χ4n) is 4.21. The van der Waals surface area contributed by atoms with Gasteiger partial charge in [-0.1, -0.05) is 114 Å². The average Bonchev–Trinajstić information content (AvgIpc) is 2.95. The fraction of sp³-hybridized carbons (Fsp3) is 0.368. The van der Waals surface area contributed by atoms with Crippen molar-refractivity contribution in [2.24, 2.45) is 0 Å². The Labute approximate surface area is 262 Å². The third kappa shape index (κ3) is 8.57. The zero-order chi connectivity index (χ0) is 31.5. The lowest BCUT2D eigenvalue weighted by Crippen LogP contribution is -2.40. The van der Waals surface area contributed by atoms with E-state index in [1.165, 1.54) is 33.4 Å². The first-order chi connectivity index (χ1) is 20.0. The molecule has 0 aliphatic rings. The van der Waals surface area contributed by atoms with E-state index in [1.807, 2.05) is 0 Å². The van der Waals surface area contributed by atoms with Crippen LogP contribution in [0, 0.1) is 0 Å². The van der Waals surface area contributed by atoms with Crippen molar-refractivity contribution in [3.8, 4) is 22.3 Å². The van der Waals surface area contributed by atoms with Crippen LogP contribution in [-0.4, -0.2) is 16.6 Å². The van der Waals surface area contributed by atoms with Crippen molar-refractivity contribution < 1.29 is 8.85 Å². The second kappa shape index (κ2) is 12.9. The second-order valence-corrected chi connectivity index (χ2v) is 24.4. The number of hydrogen-bond acceptors (Lipinski definition) is 3. The molecule has 0 radical (unpaired) electrons. The molecule has 0 aliphatic heterocycles. The predicted molar refractivity (Wildman–Crippen MR) is 191 cm³/mol. The summed E-state index contributed by atoms with van der Waals surface area (Å²) in [6.07, 6.45) is 0. The first-order valence-electron chi connectivity index (χ1n) is 15.5. The molecule has 0 amide bonds. The normalized spacial score (nSPS) is 12.8. The van der Waals surface area contributed by atoms with Crippen molar-refractivity contribution in [2.45, 2.75) is 91.0 Å². The van der Waals surface area contributed by atoms with Crippen LogP contribution in [0.3, 0.4) is 0 Å². The van der Waals surface area contributed by atoms with E-state index >= 15 is 0 Å². The Morgan fingerprint density at radius 2 is 0.698 bits per heavy atom. The first kappa shape index (κ1) is 32.9. The monoisotopic (exact) mass is 609 g/mol. The van der Waals surface area contributed by atoms with Crippen LogP contribution >= 0.6 is 0 Å². The molecule has 228 valence electrons. The molecular formula is C38H51NO2Si2. The lowest BCUT2D eigenvalue weighted by Gasteiger charge is -2.36.